The van der Waals surface area contributed by atoms with E-state index in [1.165, 1.54) is 29.8 Å². The molecule has 0 saturated heterocycles. The van der Waals surface area contributed by atoms with Crippen molar-refractivity contribution in [1.29, 1.82) is 0 Å². The number of hydrogen-bond donors (Lipinski definition) is 0. The molecule has 9 nitrogen and oxygen atoms in total. The average molecular weight is 368 g/mol. The quantitative estimate of drug-likeness (QED) is 0.490. The van der Waals surface area contributed by atoms with Crippen molar-refractivity contribution in [2.45, 2.75) is 13.8 Å². The van der Waals surface area contributed by atoms with E-state index in [4.69, 9.17) is 4.74 Å². The van der Waals surface area contributed by atoms with Gasteiger partial charge in [-0.05, 0) is 35.6 Å². The highest BCUT2D eigenvalue weighted by Gasteiger charge is 2.26. The molecule has 27 heavy (non-hydrogen) atoms. The highest BCUT2D eigenvalue weighted by Crippen LogP contribution is 2.38. The maximum atomic E-state index is 11.5. The summed E-state index contributed by atoms with van der Waals surface area (Å²) in [4.78, 5) is 26.0. The molecule has 0 radical (unpaired) electrons. The fourth-order valence-corrected chi connectivity index (χ4v) is 2.68. The summed E-state index contributed by atoms with van der Waals surface area (Å²) < 4.78 is 7.03. The Morgan fingerprint density at radius 3 is 2.33 bits per heavy atom. The zero-order valence-corrected chi connectivity index (χ0v) is 14.9. The molecule has 3 rings (SSSR count). The van der Waals surface area contributed by atoms with Crippen LogP contribution in [0.25, 0.3) is 11.3 Å². The number of rotatable bonds is 5. The highest BCUT2D eigenvalue weighted by molar-refractivity contribution is 5.72. The van der Waals surface area contributed by atoms with Crippen molar-refractivity contribution >= 4 is 11.5 Å². The van der Waals surface area contributed by atoms with Crippen LogP contribution in [0.1, 0.15) is 11.4 Å². The van der Waals surface area contributed by atoms with Crippen LogP contribution >= 0.6 is 0 Å². The van der Waals surface area contributed by atoms with Crippen molar-refractivity contribution in [3.63, 3.8) is 0 Å². The summed E-state index contributed by atoms with van der Waals surface area (Å²) in [6.07, 6.45) is 0. The van der Waals surface area contributed by atoms with E-state index in [0.717, 1.165) is 5.56 Å². The van der Waals surface area contributed by atoms with Gasteiger partial charge >= 0.3 is 11.5 Å². The lowest BCUT2D eigenvalue weighted by Gasteiger charge is -2.09. The first-order valence-electron chi connectivity index (χ1n) is 7.99. The van der Waals surface area contributed by atoms with Gasteiger partial charge in [-0.1, -0.05) is 18.2 Å². The summed E-state index contributed by atoms with van der Waals surface area (Å²) in [6.45, 7) is 3.45. The molecule has 3 aromatic rings. The summed E-state index contributed by atoms with van der Waals surface area (Å²) in [5, 5.41) is 22.9. The lowest BCUT2D eigenvalue weighted by atomic mass is 10.1. The molecule has 0 atom stereocenters. The van der Waals surface area contributed by atoms with E-state index >= 15 is 0 Å². The van der Waals surface area contributed by atoms with E-state index in [9.17, 15) is 20.2 Å². The first kappa shape index (κ1) is 18.1. The fourth-order valence-electron chi connectivity index (χ4n) is 2.68. The van der Waals surface area contributed by atoms with Crippen molar-refractivity contribution in [3.05, 3.63) is 74.1 Å². The number of nitro groups is 2. The van der Waals surface area contributed by atoms with Crippen LogP contribution in [0.2, 0.25) is 0 Å². The minimum Gasteiger partial charge on any atom is -0.450 e. The molecule has 0 fully saturated rings. The second-order valence-corrected chi connectivity index (χ2v) is 5.95. The summed E-state index contributed by atoms with van der Waals surface area (Å²) in [5.41, 5.74) is 0.875. The molecular weight excluding hydrogens is 352 g/mol. The Morgan fingerprint density at radius 2 is 1.70 bits per heavy atom. The van der Waals surface area contributed by atoms with Gasteiger partial charge in [0.1, 0.15) is 5.75 Å². The Bertz CT molecular complexity index is 1060. The second kappa shape index (κ2) is 6.87. The van der Waals surface area contributed by atoms with Crippen molar-refractivity contribution in [2.24, 2.45) is 7.05 Å². The fraction of sp³-hybridized carbons (Fsp3) is 0.167. The van der Waals surface area contributed by atoms with E-state index in [2.05, 4.69) is 4.98 Å². The Labute approximate surface area is 154 Å². The Kier molecular flexibility index (Phi) is 4.59. The van der Waals surface area contributed by atoms with Gasteiger partial charge in [-0.25, -0.2) is 9.55 Å². The first-order chi connectivity index (χ1) is 12.8. The molecule has 138 valence electrons. The lowest BCUT2D eigenvalue weighted by molar-refractivity contribution is -0.391. The van der Waals surface area contributed by atoms with Crippen LogP contribution in [0.3, 0.4) is 0 Å². The molecule has 0 spiro atoms. The number of hydrogen-bond acceptors (Lipinski definition) is 6. The normalized spacial score (nSPS) is 10.6. The lowest BCUT2D eigenvalue weighted by Crippen LogP contribution is -2.00. The number of benzene rings is 2. The third kappa shape index (κ3) is 3.34. The number of para-hydroxylation sites is 1. The largest absolute Gasteiger partial charge is 0.450 e. The second-order valence-electron chi connectivity index (χ2n) is 5.95. The molecule has 0 aliphatic carbocycles. The Balaban J connectivity index is 2.10. The molecule has 0 amide bonds. The Hall–Kier alpha value is -3.75. The number of aryl methyl sites for hydroxylation is 2. The number of nitro benzene ring substituents is 1. The number of ether oxygens (including phenoxy) is 1. The number of aromatic nitrogens is 2. The van der Waals surface area contributed by atoms with Crippen LogP contribution in [0.5, 0.6) is 11.5 Å². The van der Waals surface area contributed by atoms with Crippen LogP contribution in [0.4, 0.5) is 11.5 Å². The summed E-state index contributed by atoms with van der Waals surface area (Å²) >= 11 is 0. The van der Waals surface area contributed by atoms with E-state index in [-0.39, 0.29) is 28.5 Å². The monoisotopic (exact) mass is 368 g/mol. The predicted molar refractivity (Wildman–Crippen MR) is 97.9 cm³/mol. The molecule has 0 aliphatic rings. The molecule has 1 aromatic heterocycles. The zero-order chi connectivity index (χ0) is 19.7. The van der Waals surface area contributed by atoms with Gasteiger partial charge in [-0.2, -0.15) is 0 Å². The van der Waals surface area contributed by atoms with Gasteiger partial charge in [-0.15, -0.1) is 0 Å². The van der Waals surface area contributed by atoms with E-state index < -0.39 is 9.85 Å². The van der Waals surface area contributed by atoms with Crippen LogP contribution < -0.4 is 4.74 Å². The van der Waals surface area contributed by atoms with Crippen molar-refractivity contribution < 1.29 is 14.6 Å². The standard InChI is InChI=1S/C18H16N4O5/c1-11-6-4-5-7-15(11)27-16-9-8-13(10-14(16)21(23)24)17-18(22(25)26)20(3)12(2)19-17/h4-10H,1-3H3. The zero-order valence-electron chi connectivity index (χ0n) is 14.9. The smallest absolute Gasteiger partial charge is 0.350 e. The predicted octanol–water partition coefficient (Wildman–Crippen LogP) is 4.31. The Morgan fingerprint density at radius 1 is 1.00 bits per heavy atom. The van der Waals surface area contributed by atoms with Gasteiger partial charge < -0.3 is 14.9 Å². The van der Waals surface area contributed by atoms with Gasteiger partial charge in [0.2, 0.25) is 5.75 Å². The SMILES string of the molecule is Cc1ccccc1Oc1ccc(-c2nc(C)n(C)c2[N+](=O)[O-])cc1[N+](=O)[O-]. The minimum absolute atomic E-state index is 0.0494. The molecule has 0 saturated carbocycles. The molecule has 9 heteroatoms. The minimum atomic E-state index is -0.585. The van der Waals surface area contributed by atoms with E-state index in [1.807, 2.05) is 19.1 Å². The van der Waals surface area contributed by atoms with Crippen LogP contribution in [0.15, 0.2) is 42.5 Å². The molecule has 0 bridgehead atoms. The van der Waals surface area contributed by atoms with Crippen LogP contribution in [-0.4, -0.2) is 19.4 Å². The molecule has 2 aromatic carbocycles. The third-order valence-corrected chi connectivity index (χ3v) is 4.20. The molecule has 0 N–H and O–H groups in total. The van der Waals surface area contributed by atoms with Crippen LogP contribution in [-0.2, 0) is 7.05 Å². The molecule has 1 heterocycles. The van der Waals surface area contributed by atoms with E-state index in [1.54, 1.807) is 19.1 Å². The van der Waals surface area contributed by atoms with Gasteiger partial charge in [0.25, 0.3) is 0 Å². The van der Waals surface area contributed by atoms with Gasteiger partial charge in [0, 0.05) is 18.6 Å². The van der Waals surface area contributed by atoms with E-state index in [0.29, 0.717) is 11.6 Å². The van der Waals surface area contributed by atoms with Crippen molar-refractivity contribution in [1.82, 2.24) is 9.55 Å². The molecule has 0 aliphatic heterocycles. The maximum absolute atomic E-state index is 11.5. The molecular formula is C18H16N4O5. The van der Waals surface area contributed by atoms with Gasteiger partial charge in [-0.3, -0.25) is 10.1 Å². The molecule has 0 unspecified atom stereocenters. The van der Waals surface area contributed by atoms with Crippen molar-refractivity contribution in [3.8, 4) is 22.8 Å². The number of imidazole rings is 1. The highest BCUT2D eigenvalue weighted by atomic mass is 16.6. The summed E-state index contributed by atoms with van der Waals surface area (Å²) in [7, 11) is 1.52. The van der Waals surface area contributed by atoms with Crippen molar-refractivity contribution in [2.75, 3.05) is 0 Å². The van der Waals surface area contributed by atoms with Gasteiger partial charge in [0.15, 0.2) is 11.5 Å². The third-order valence-electron chi connectivity index (χ3n) is 4.20. The topological polar surface area (TPSA) is 113 Å². The van der Waals surface area contributed by atoms with Crippen LogP contribution in [0, 0.1) is 34.1 Å². The maximum Gasteiger partial charge on any atom is 0.350 e. The summed E-state index contributed by atoms with van der Waals surface area (Å²) in [5.74, 6) is 0.746. The average Bonchev–Trinajstić information content (AvgIpc) is 2.92. The first-order valence-corrected chi connectivity index (χ1v) is 7.99. The number of nitrogens with zero attached hydrogens (tertiary/aromatic N) is 4. The summed E-state index contributed by atoms with van der Waals surface area (Å²) in [6, 6.07) is 11.3. The van der Waals surface area contributed by atoms with Gasteiger partial charge in [0.05, 0.1) is 12.0 Å².